The Morgan fingerprint density at radius 3 is 2.38 bits per heavy atom. The molecule has 2 aromatic rings. The van der Waals surface area contributed by atoms with Gasteiger partial charge < -0.3 is 4.74 Å². The number of ether oxygens (including phenoxy) is 1. The molecule has 7 heteroatoms. The molecule has 0 N–H and O–H groups in total. The van der Waals surface area contributed by atoms with Gasteiger partial charge in [0.2, 0.25) is 0 Å². The summed E-state index contributed by atoms with van der Waals surface area (Å²) in [7, 11) is 1.48. The van der Waals surface area contributed by atoms with Crippen LogP contribution in [0.2, 0.25) is 10.0 Å². The number of imide groups is 1. The van der Waals surface area contributed by atoms with Gasteiger partial charge in [-0.3, -0.25) is 9.59 Å². The van der Waals surface area contributed by atoms with Crippen molar-refractivity contribution < 1.29 is 14.3 Å². The Balaban J connectivity index is 2.02. The Morgan fingerprint density at radius 2 is 1.71 bits per heavy atom. The molecule has 2 aromatic carbocycles. The Hall–Kier alpha value is -1.95. The molecule has 0 radical (unpaired) electrons. The van der Waals surface area contributed by atoms with Gasteiger partial charge in [-0.2, -0.15) is 0 Å². The number of thioether (sulfide) groups is 1. The van der Waals surface area contributed by atoms with Crippen molar-refractivity contribution in [2.45, 2.75) is 0 Å². The molecule has 0 unspecified atom stereocenters. The second kappa shape index (κ2) is 6.89. The normalized spacial score (nSPS) is 16.1. The first-order valence-electron chi connectivity index (χ1n) is 6.88. The Bertz CT molecular complexity index is 846. The number of methoxy groups -OCH3 is 1. The molecule has 1 heterocycles. The van der Waals surface area contributed by atoms with Gasteiger partial charge in [-0.25, -0.2) is 4.90 Å². The van der Waals surface area contributed by atoms with Gasteiger partial charge in [0.05, 0.1) is 17.7 Å². The summed E-state index contributed by atoms with van der Waals surface area (Å²) < 4.78 is 5.23. The van der Waals surface area contributed by atoms with E-state index in [-0.39, 0.29) is 4.91 Å². The average molecular weight is 380 g/mol. The smallest absolute Gasteiger partial charge is 0.298 e. The molecule has 0 spiro atoms. The van der Waals surface area contributed by atoms with Gasteiger partial charge in [-0.05, 0) is 42.1 Å². The summed E-state index contributed by atoms with van der Waals surface area (Å²) in [5, 5.41) is 0.414. The van der Waals surface area contributed by atoms with Crippen molar-refractivity contribution in [3.05, 3.63) is 63.0 Å². The predicted octanol–water partition coefficient (Wildman–Crippen LogP) is 5.24. The molecule has 3 rings (SSSR count). The van der Waals surface area contributed by atoms with Crippen LogP contribution < -0.4 is 9.64 Å². The molecule has 0 atom stereocenters. The maximum Gasteiger partial charge on any atom is 0.298 e. The third kappa shape index (κ3) is 3.02. The van der Waals surface area contributed by atoms with E-state index < -0.39 is 11.1 Å². The van der Waals surface area contributed by atoms with Crippen molar-refractivity contribution in [1.82, 2.24) is 0 Å². The summed E-state index contributed by atoms with van der Waals surface area (Å²) in [5.74, 6) is 0.00214. The zero-order valence-electron chi connectivity index (χ0n) is 12.5. The molecule has 1 saturated heterocycles. The van der Waals surface area contributed by atoms with Crippen LogP contribution in [0.25, 0.3) is 6.08 Å². The van der Waals surface area contributed by atoms with E-state index in [0.29, 0.717) is 27.0 Å². The molecular weight excluding hydrogens is 369 g/mol. The molecule has 1 fully saturated rings. The van der Waals surface area contributed by atoms with Crippen LogP contribution in [0.1, 0.15) is 5.56 Å². The van der Waals surface area contributed by atoms with E-state index in [0.717, 1.165) is 16.7 Å². The number of benzene rings is 2. The first-order valence-corrected chi connectivity index (χ1v) is 8.45. The number of para-hydroxylation sites is 2. The van der Waals surface area contributed by atoms with E-state index in [2.05, 4.69) is 0 Å². The largest absolute Gasteiger partial charge is 0.495 e. The second-order valence-corrected chi connectivity index (χ2v) is 6.63. The van der Waals surface area contributed by atoms with Crippen molar-refractivity contribution in [1.29, 1.82) is 0 Å². The van der Waals surface area contributed by atoms with Crippen molar-refractivity contribution in [2.75, 3.05) is 12.0 Å². The molecule has 122 valence electrons. The number of anilines is 1. The van der Waals surface area contributed by atoms with Crippen LogP contribution in [0.15, 0.2) is 47.4 Å². The lowest BCUT2D eigenvalue weighted by Crippen LogP contribution is -2.28. The van der Waals surface area contributed by atoms with Gasteiger partial charge >= 0.3 is 0 Å². The molecule has 1 aliphatic rings. The lowest BCUT2D eigenvalue weighted by atomic mass is 10.2. The molecule has 0 saturated carbocycles. The zero-order chi connectivity index (χ0) is 17.3. The van der Waals surface area contributed by atoms with Crippen molar-refractivity contribution >= 4 is 57.9 Å². The van der Waals surface area contributed by atoms with Gasteiger partial charge in [0.1, 0.15) is 5.75 Å². The highest BCUT2D eigenvalue weighted by atomic mass is 35.5. The topological polar surface area (TPSA) is 46.6 Å². The minimum Gasteiger partial charge on any atom is -0.495 e. The molecular formula is C17H11Cl2NO3S. The second-order valence-electron chi connectivity index (χ2n) is 4.82. The quantitative estimate of drug-likeness (QED) is 0.683. The third-order valence-corrected chi connectivity index (χ3v) is 4.92. The standard InChI is InChI=1S/C17H11Cl2NO3S/c1-23-14-8-3-2-7-13(14)20-16(21)15(24-17(20)22)9-10-11(18)5-4-6-12(10)19/h2-9H,1H3/b15-9-. The average Bonchev–Trinajstić information content (AvgIpc) is 2.85. The minimum absolute atomic E-state index is 0.251. The molecule has 0 bridgehead atoms. The van der Waals surface area contributed by atoms with Crippen LogP contribution in [0.5, 0.6) is 5.75 Å². The summed E-state index contributed by atoms with van der Waals surface area (Å²) in [4.78, 5) is 26.3. The van der Waals surface area contributed by atoms with Crippen LogP contribution in [-0.4, -0.2) is 18.3 Å². The summed E-state index contributed by atoms with van der Waals surface area (Å²) in [5.41, 5.74) is 0.905. The predicted molar refractivity (Wildman–Crippen MR) is 97.9 cm³/mol. The van der Waals surface area contributed by atoms with Crippen LogP contribution in [0, 0.1) is 0 Å². The number of halogens is 2. The molecule has 4 nitrogen and oxygen atoms in total. The maximum absolute atomic E-state index is 12.7. The number of carbonyl (C=O) groups excluding carboxylic acids is 2. The number of nitrogens with zero attached hydrogens (tertiary/aromatic N) is 1. The van der Waals surface area contributed by atoms with Crippen LogP contribution in [0.4, 0.5) is 10.5 Å². The third-order valence-electron chi connectivity index (χ3n) is 3.39. The van der Waals surface area contributed by atoms with Gasteiger partial charge in [-0.1, -0.05) is 41.4 Å². The summed E-state index contributed by atoms with van der Waals surface area (Å²) in [6, 6.07) is 11.9. The first kappa shape index (κ1) is 16.9. The van der Waals surface area contributed by atoms with E-state index >= 15 is 0 Å². The Labute approximate surface area is 153 Å². The zero-order valence-corrected chi connectivity index (χ0v) is 14.8. The number of hydrogen-bond acceptors (Lipinski definition) is 4. The Kier molecular flexibility index (Phi) is 4.85. The van der Waals surface area contributed by atoms with Crippen molar-refractivity contribution in [3.8, 4) is 5.75 Å². The highest BCUT2D eigenvalue weighted by molar-refractivity contribution is 8.19. The fraction of sp³-hybridized carbons (Fsp3) is 0.0588. The van der Waals surface area contributed by atoms with Gasteiger partial charge in [0.15, 0.2) is 0 Å². The fourth-order valence-electron chi connectivity index (χ4n) is 2.27. The molecule has 2 amide bonds. The number of carbonyl (C=O) groups is 2. The summed E-state index contributed by atoms with van der Waals surface area (Å²) in [6.45, 7) is 0. The minimum atomic E-state index is -0.439. The number of rotatable bonds is 3. The number of hydrogen-bond donors (Lipinski definition) is 0. The van der Waals surface area contributed by atoms with E-state index in [1.165, 1.54) is 13.2 Å². The Morgan fingerprint density at radius 1 is 1.04 bits per heavy atom. The SMILES string of the molecule is COc1ccccc1N1C(=O)S/C(=C\c2c(Cl)cccc2Cl)C1=O. The van der Waals surface area contributed by atoms with E-state index in [1.807, 2.05) is 0 Å². The van der Waals surface area contributed by atoms with Gasteiger partial charge in [-0.15, -0.1) is 0 Å². The molecule has 0 aromatic heterocycles. The highest BCUT2D eigenvalue weighted by Gasteiger charge is 2.37. The monoisotopic (exact) mass is 379 g/mol. The van der Waals surface area contributed by atoms with E-state index in [9.17, 15) is 9.59 Å². The first-order chi connectivity index (χ1) is 11.5. The van der Waals surface area contributed by atoms with Crippen molar-refractivity contribution in [3.63, 3.8) is 0 Å². The van der Waals surface area contributed by atoms with Crippen LogP contribution in [-0.2, 0) is 4.79 Å². The summed E-state index contributed by atoms with van der Waals surface area (Å²) >= 11 is 13.1. The maximum atomic E-state index is 12.7. The lowest BCUT2D eigenvalue weighted by molar-refractivity contribution is -0.113. The van der Waals surface area contributed by atoms with Crippen LogP contribution >= 0.6 is 35.0 Å². The highest BCUT2D eigenvalue weighted by Crippen LogP contribution is 2.40. The van der Waals surface area contributed by atoms with Crippen molar-refractivity contribution in [2.24, 2.45) is 0 Å². The van der Waals surface area contributed by atoms with Gasteiger partial charge in [0.25, 0.3) is 11.1 Å². The van der Waals surface area contributed by atoms with Crippen LogP contribution in [0.3, 0.4) is 0 Å². The van der Waals surface area contributed by atoms with E-state index in [1.54, 1.807) is 42.5 Å². The lowest BCUT2D eigenvalue weighted by Gasteiger charge is -2.15. The summed E-state index contributed by atoms with van der Waals surface area (Å²) in [6.07, 6.45) is 1.53. The molecule has 24 heavy (non-hydrogen) atoms. The molecule has 1 aliphatic heterocycles. The van der Waals surface area contributed by atoms with E-state index in [4.69, 9.17) is 27.9 Å². The molecule has 0 aliphatic carbocycles. The number of amides is 2. The fourth-order valence-corrected chi connectivity index (χ4v) is 3.59. The van der Waals surface area contributed by atoms with Gasteiger partial charge in [0, 0.05) is 15.6 Å².